The smallest absolute Gasteiger partial charge is 0.321 e. The van der Waals surface area contributed by atoms with Crippen LogP contribution in [0.1, 0.15) is 16.8 Å². The van der Waals surface area contributed by atoms with Gasteiger partial charge in [-0.15, -0.1) is 0 Å². The van der Waals surface area contributed by atoms with Crippen molar-refractivity contribution in [1.29, 1.82) is 0 Å². The highest BCUT2D eigenvalue weighted by Gasteiger charge is 2.59. The number of carbonyl (C=O) groups is 3. The number of amides is 3. The van der Waals surface area contributed by atoms with Crippen molar-refractivity contribution in [2.24, 2.45) is 23.7 Å². The lowest BCUT2D eigenvalue weighted by Crippen LogP contribution is -2.32. The Labute approximate surface area is 178 Å². The van der Waals surface area contributed by atoms with Gasteiger partial charge in [0.2, 0.25) is 17.7 Å². The molecule has 2 bridgehead atoms. The fourth-order valence-corrected chi connectivity index (χ4v) is 4.77. The van der Waals surface area contributed by atoms with Gasteiger partial charge < -0.3 is 14.8 Å². The number of aromatic nitrogens is 2. The molecule has 158 valence electrons. The maximum atomic E-state index is 12.9. The van der Waals surface area contributed by atoms with Gasteiger partial charge in [0.05, 0.1) is 31.7 Å². The van der Waals surface area contributed by atoms with E-state index in [1.165, 1.54) is 25.2 Å². The van der Waals surface area contributed by atoms with Gasteiger partial charge >= 0.3 is 6.01 Å². The molecule has 1 aromatic carbocycles. The first kappa shape index (κ1) is 19.2. The van der Waals surface area contributed by atoms with Crippen LogP contribution in [-0.4, -0.2) is 41.9 Å². The normalized spacial score (nSPS) is 25.7. The highest BCUT2D eigenvalue weighted by atomic mass is 16.5. The van der Waals surface area contributed by atoms with Crippen molar-refractivity contribution in [3.8, 4) is 11.9 Å². The van der Waals surface area contributed by atoms with Crippen LogP contribution < -0.4 is 19.7 Å². The van der Waals surface area contributed by atoms with E-state index in [1.807, 2.05) is 0 Å². The Kier molecular flexibility index (Phi) is 4.46. The first-order chi connectivity index (χ1) is 15.0. The van der Waals surface area contributed by atoms with E-state index >= 15 is 0 Å². The molecule has 2 heterocycles. The second-order valence-electron chi connectivity index (χ2n) is 7.80. The summed E-state index contributed by atoms with van der Waals surface area (Å²) < 4.78 is 10.1. The third-order valence-corrected chi connectivity index (χ3v) is 6.17. The molecule has 9 nitrogen and oxygen atoms in total. The summed E-state index contributed by atoms with van der Waals surface area (Å²) in [4.78, 5) is 47.8. The van der Waals surface area contributed by atoms with Crippen molar-refractivity contribution in [2.75, 3.05) is 24.4 Å². The molecular formula is C22H20N4O5. The molecule has 1 saturated heterocycles. The van der Waals surface area contributed by atoms with Crippen LogP contribution in [0.15, 0.2) is 42.5 Å². The van der Waals surface area contributed by atoms with Crippen LogP contribution in [0.2, 0.25) is 0 Å². The molecule has 1 saturated carbocycles. The number of ether oxygens (including phenoxy) is 2. The van der Waals surface area contributed by atoms with Gasteiger partial charge in [0.15, 0.2) is 0 Å². The number of imide groups is 1. The Morgan fingerprint density at radius 1 is 1.00 bits per heavy atom. The van der Waals surface area contributed by atoms with E-state index in [9.17, 15) is 14.4 Å². The van der Waals surface area contributed by atoms with Gasteiger partial charge in [-0.25, -0.2) is 0 Å². The van der Waals surface area contributed by atoms with Gasteiger partial charge in [0, 0.05) is 11.6 Å². The molecule has 1 aliphatic heterocycles. The summed E-state index contributed by atoms with van der Waals surface area (Å²) in [6.45, 7) is 0. The quantitative estimate of drug-likeness (QED) is 0.582. The lowest BCUT2D eigenvalue weighted by Gasteiger charge is -2.17. The molecule has 3 aliphatic rings. The van der Waals surface area contributed by atoms with E-state index in [4.69, 9.17) is 9.47 Å². The van der Waals surface area contributed by atoms with Gasteiger partial charge in [-0.05, 0) is 42.5 Å². The molecule has 1 aromatic heterocycles. The number of hydrogen-bond donors (Lipinski definition) is 1. The van der Waals surface area contributed by atoms with Gasteiger partial charge in [0.1, 0.15) is 5.82 Å². The molecule has 5 rings (SSSR count). The lowest BCUT2D eigenvalue weighted by molar-refractivity contribution is -0.123. The van der Waals surface area contributed by atoms with Crippen molar-refractivity contribution >= 4 is 29.2 Å². The summed E-state index contributed by atoms with van der Waals surface area (Å²) in [5, 5.41) is 2.66. The van der Waals surface area contributed by atoms with Crippen LogP contribution in [0.5, 0.6) is 11.9 Å². The number of nitrogens with zero attached hydrogens (tertiary/aromatic N) is 3. The summed E-state index contributed by atoms with van der Waals surface area (Å²) in [5.41, 5.74) is 0.826. The van der Waals surface area contributed by atoms with Gasteiger partial charge in [-0.3, -0.25) is 19.3 Å². The number of benzene rings is 1. The highest BCUT2D eigenvalue weighted by molar-refractivity contribution is 6.23. The lowest BCUT2D eigenvalue weighted by atomic mass is 9.85. The second-order valence-corrected chi connectivity index (χ2v) is 7.80. The molecule has 0 unspecified atom stereocenters. The average molecular weight is 420 g/mol. The van der Waals surface area contributed by atoms with E-state index in [0.717, 1.165) is 6.42 Å². The highest BCUT2D eigenvalue weighted by Crippen LogP contribution is 2.53. The monoisotopic (exact) mass is 420 g/mol. The van der Waals surface area contributed by atoms with Crippen molar-refractivity contribution in [1.82, 2.24) is 9.97 Å². The Hall–Kier alpha value is -3.75. The zero-order chi connectivity index (χ0) is 21.7. The molecule has 3 amide bonds. The fraction of sp³-hybridized carbons (Fsp3) is 0.318. The maximum Gasteiger partial charge on any atom is 0.321 e. The van der Waals surface area contributed by atoms with Crippen LogP contribution in [0.25, 0.3) is 0 Å². The SMILES string of the molecule is COc1cc(NC(=O)c2ccc(N3C(=O)[C@@H]4[C@@H](C3=O)[C@H]3C=C[C@H]4C3)cc2)nc(OC)n1. The minimum Gasteiger partial charge on any atom is -0.481 e. The molecular weight excluding hydrogens is 400 g/mol. The van der Waals surface area contributed by atoms with Gasteiger partial charge in [0.25, 0.3) is 5.91 Å². The minimum atomic E-state index is -0.410. The molecule has 31 heavy (non-hydrogen) atoms. The molecule has 2 aromatic rings. The van der Waals surface area contributed by atoms with Crippen molar-refractivity contribution in [2.45, 2.75) is 6.42 Å². The van der Waals surface area contributed by atoms with Crippen LogP contribution in [-0.2, 0) is 9.59 Å². The van der Waals surface area contributed by atoms with Crippen molar-refractivity contribution in [3.05, 3.63) is 48.0 Å². The number of allylic oxidation sites excluding steroid dienone is 2. The predicted molar refractivity (Wildman–Crippen MR) is 110 cm³/mol. The molecule has 2 aliphatic carbocycles. The summed E-state index contributed by atoms with van der Waals surface area (Å²) >= 11 is 0. The standard InChI is InChI=1S/C22H20N4O5/c1-30-16-10-15(24-22(25-16)31-2)23-19(27)11-5-7-14(8-6-11)26-20(28)17-12-3-4-13(9-12)18(17)21(26)29/h3-8,10,12-13,17-18H,9H2,1-2H3,(H,23,24,25,27)/t12-,13-,17-,18-/m0/s1. The Morgan fingerprint density at radius 3 is 2.23 bits per heavy atom. The summed E-state index contributed by atoms with van der Waals surface area (Å²) in [7, 11) is 2.86. The van der Waals surface area contributed by atoms with Gasteiger partial charge in [-0.2, -0.15) is 9.97 Å². The van der Waals surface area contributed by atoms with Crippen LogP contribution >= 0.6 is 0 Å². The Morgan fingerprint density at radius 2 is 1.65 bits per heavy atom. The largest absolute Gasteiger partial charge is 0.481 e. The van der Waals surface area contributed by atoms with E-state index in [2.05, 4.69) is 27.4 Å². The molecule has 1 N–H and O–H groups in total. The summed E-state index contributed by atoms with van der Waals surface area (Å²) in [6.07, 6.45) is 5.01. The first-order valence-electron chi connectivity index (χ1n) is 9.94. The van der Waals surface area contributed by atoms with Crippen LogP contribution in [0.3, 0.4) is 0 Å². The minimum absolute atomic E-state index is 0.0602. The molecule has 2 fully saturated rings. The predicted octanol–water partition coefficient (Wildman–Crippen LogP) is 2.06. The zero-order valence-corrected chi connectivity index (χ0v) is 16.9. The third-order valence-electron chi connectivity index (χ3n) is 6.17. The first-order valence-corrected chi connectivity index (χ1v) is 9.94. The molecule has 0 radical (unpaired) electrons. The zero-order valence-electron chi connectivity index (χ0n) is 16.9. The van der Waals surface area contributed by atoms with Gasteiger partial charge in [-0.1, -0.05) is 12.2 Å². The van der Waals surface area contributed by atoms with Crippen molar-refractivity contribution in [3.63, 3.8) is 0 Å². The number of hydrogen-bond acceptors (Lipinski definition) is 7. The third kappa shape index (κ3) is 3.04. The molecule has 0 spiro atoms. The summed E-state index contributed by atoms with van der Waals surface area (Å²) in [5.74, 6) is -0.440. The van der Waals surface area contributed by atoms with E-state index in [-0.39, 0.29) is 53.2 Å². The molecule has 9 heteroatoms. The maximum absolute atomic E-state index is 12.9. The second kappa shape index (κ2) is 7.19. The summed E-state index contributed by atoms with van der Waals surface area (Å²) in [6, 6.07) is 7.90. The number of fused-ring (bicyclic) bond motifs is 5. The molecule has 4 atom stereocenters. The topological polar surface area (TPSA) is 111 Å². The number of methoxy groups -OCH3 is 2. The number of anilines is 2. The average Bonchev–Trinajstić information content (AvgIpc) is 3.47. The Balaban J connectivity index is 1.33. The number of nitrogens with one attached hydrogen (secondary N) is 1. The number of rotatable bonds is 5. The number of carbonyl (C=O) groups excluding carboxylic acids is 3. The van der Waals surface area contributed by atoms with Crippen LogP contribution in [0, 0.1) is 23.7 Å². The Bertz CT molecular complexity index is 1060. The van der Waals surface area contributed by atoms with E-state index < -0.39 is 5.91 Å². The van der Waals surface area contributed by atoms with E-state index in [0.29, 0.717) is 11.3 Å². The fourth-order valence-electron chi connectivity index (χ4n) is 4.77. The van der Waals surface area contributed by atoms with Crippen LogP contribution in [0.4, 0.5) is 11.5 Å². The van der Waals surface area contributed by atoms with Crippen molar-refractivity contribution < 1.29 is 23.9 Å². The van der Waals surface area contributed by atoms with E-state index in [1.54, 1.807) is 24.3 Å².